The smallest absolute Gasteiger partial charge is 0.140 e. The van der Waals surface area contributed by atoms with Gasteiger partial charge in [0.15, 0.2) is 0 Å². The van der Waals surface area contributed by atoms with Crippen molar-refractivity contribution in [3.8, 4) is 0 Å². The van der Waals surface area contributed by atoms with Gasteiger partial charge in [0.1, 0.15) is 12.2 Å². The molecule has 0 amide bonds. The molecule has 4 nitrogen and oxygen atoms in total. The lowest BCUT2D eigenvalue weighted by Gasteiger charge is -2.23. The van der Waals surface area contributed by atoms with E-state index in [1.54, 1.807) is 6.33 Å². The van der Waals surface area contributed by atoms with Crippen molar-refractivity contribution in [2.24, 2.45) is 11.3 Å². The van der Waals surface area contributed by atoms with E-state index in [9.17, 15) is 0 Å². The summed E-state index contributed by atoms with van der Waals surface area (Å²) in [4.78, 5) is 4.30. The molecule has 0 aliphatic heterocycles. The normalized spacial score (nSPS) is 12.3. The minimum absolute atomic E-state index is 0.227. The molecule has 0 spiro atoms. The Bertz CT molecular complexity index is 347. The fraction of sp³-hybridized carbons (Fsp3) is 0.846. The zero-order valence-electron chi connectivity index (χ0n) is 11.9. The van der Waals surface area contributed by atoms with Gasteiger partial charge in [0.25, 0.3) is 0 Å². The minimum Gasteiger partial charge on any atom is -0.309 e. The number of aromatic nitrogens is 3. The van der Waals surface area contributed by atoms with Crippen molar-refractivity contribution in [3.05, 3.63) is 12.2 Å². The van der Waals surface area contributed by atoms with Crippen LogP contribution in [-0.4, -0.2) is 27.2 Å². The number of nitrogens with one attached hydrogen (secondary N) is 1. The summed E-state index contributed by atoms with van der Waals surface area (Å²) in [5.74, 6) is 2.29. The molecule has 1 heterocycles. The van der Waals surface area contributed by atoms with E-state index in [1.165, 1.54) is 0 Å². The quantitative estimate of drug-likeness (QED) is 0.740. The van der Waals surface area contributed by atoms with Crippen LogP contribution >= 0.6 is 11.6 Å². The van der Waals surface area contributed by atoms with Crippen molar-refractivity contribution in [2.45, 2.75) is 47.2 Å². The molecule has 1 aromatic rings. The van der Waals surface area contributed by atoms with Gasteiger partial charge in [-0.25, -0.2) is 9.67 Å². The maximum atomic E-state index is 5.79. The Morgan fingerprint density at radius 3 is 2.78 bits per heavy atom. The number of rotatable bonds is 8. The fourth-order valence-corrected chi connectivity index (χ4v) is 2.29. The zero-order chi connectivity index (χ0) is 13.6. The molecule has 0 fully saturated rings. The summed E-state index contributed by atoms with van der Waals surface area (Å²) < 4.78 is 1.98. The lowest BCUT2D eigenvalue weighted by molar-refractivity contribution is 0.325. The molecule has 0 saturated heterocycles. The van der Waals surface area contributed by atoms with Crippen LogP contribution in [0.5, 0.6) is 0 Å². The third-order valence-corrected chi connectivity index (χ3v) is 3.08. The molecule has 0 radical (unpaired) electrons. The SMILES string of the molecule is CC(C)Cn1ncnc1CNCC(C)(C)CCCl. The van der Waals surface area contributed by atoms with Crippen molar-refractivity contribution < 1.29 is 0 Å². The number of nitrogens with zero attached hydrogens (tertiary/aromatic N) is 3. The number of hydrogen-bond acceptors (Lipinski definition) is 3. The monoisotopic (exact) mass is 272 g/mol. The average molecular weight is 273 g/mol. The Kier molecular flexibility index (Phi) is 6.09. The first-order valence-corrected chi connectivity index (χ1v) is 7.11. The first-order chi connectivity index (χ1) is 8.44. The molecule has 0 unspecified atom stereocenters. The standard InChI is InChI=1S/C13H25ClN4/c1-11(2)8-18-12(16-10-17-18)7-15-9-13(3,4)5-6-14/h10-11,15H,5-9H2,1-4H3. The lowest BCUT2D eigenvalue weighted by atomic mass is 9.90. The highest BCUT2D eigenvalue weighted by Crippen LogP contribution is 2.19. The van der Waals surface area contributed by atoms with Crippen LogP contribution in [-0.2, 0) is 13.1 Å². The molecule has 0 bridgehead atoms. The highest BCUT2D eigenvalue weighted by Gasteiger charge is 2.16. The fourth-order valence-electron chi connectivity index (χ4n) is 1.78. The van der Waals surface area contributed by atoms with Gasteiger partial charge in [-0.1, -0.05) is 27.7 Å². The van der Waals surface area contributed by atoms with Gasteiger partial charge < -0.3 is 5.32 Å². The Labute approximate surface area is 115 Å². The molecular weight excluding hydrogens is 248 g/mol. The molecule has 1 N–H and O–H groups in total. The van der Waals surface area contributed by atoms with Crippen molar-refractivity contribution in [1.29, 1.82) is 0 Å². The molecule has 104 valence electrons. The Hall–Kier alpha value is -0.610. The van der Waals surface area contributed by atoms with E-state index in [2.05, 4.69) is 43.1 Å². The van der Waals surface area contributed by atoms with Crippen LogP contribution in [0.4, 0.5) is 0 Å². The van der Waals surface area contributed by atoms with Gasteiger partial charge >= 0.3 is 0 Å². The van der Waals surface area contributed by atoms with E-state index < -0.39 is 0 Å². The Balaban J connectivity index is 2.42. The second kappa shape index (κ2) is 7.10. The molecular formula is C13H25ClN4. The van der Waals surface area contributed by atoms with E-state index in [0.29, 0.717) is 11.8 Å². The van der Waals surface area contributed by atoms with Crippen molar-refractivity contribution in [3.63, 3.8) is 0 Å². The summed E-state index contributed by atoms with van der Waals surface area (Å²) in [6, 6.07) is 0. The molecule has 5 heteroatoms. The van der Waals surface area contributed by atoms with Crippen LogP contribution in [0.2, 0.25) is 0 Å². The van der Waals surface area contributed by atoms with Gasteiger partial charge in [-0.2, -0.15) is 5.10 Å². The maximum absolute atomic E-state index is 5.79. The molecule has 0 saturated carbocycles. The Morgan fingerprint density at radius 1 is 1.44 bits per heavy atom. The first kappa shape index (κ1) is 15.4. The summed E-state index contributed by atoms with van der Waals surface area (Å²) in [5.41, 5.74) is 0.227. The second-order valence-corrected chi connectivity index (χ2v) is 6.34. The van der Waals surface area contributed by atoms with E-state index in [1.807, 2.05) is 4.68 Å². The van der Waals surface area contributed by atoms with E-state index in [-0.39, 0.29) is 5.41 Å². The van der Waals surface area contributed by atoms with Gasteiger partial charge in [0, 0.05) is 19.0 Å². The third kappa shape index (κ3) is 5.36. The van der Waals surface area contributed by atoms with E-state index >= 15 is 0 Å². The molecule has 0 aromatic carbocycles. The summed E-state index contributed by atoms with van der Waals surface area (Å²) in [6.45, 7) is 11.4. The predicted octanol–water partition coefficient (Wildman–Crippen LogP) is 2.68. The summed E-state index contributed by atoms with van der Waals surface area (Å²) >= 11 is 5.79. The minimum atomic E-state index is 0.227. The largest absolute Gasteiger partial charge is 0.309 e. The molecule has 0 aliphatic rings. The van der Waals surface area contributed by atoms with E-state index in [0.717, 1.165) is 31.9 Å². The summed E-state index contributed by atoms with van der Waals surface area (Å²) in [7, 11) is 0. The Morgan fingerprint density at radius 2 is 2.17 bits per heavy atom. The highest BCUT2D eigenvalue weighted by molar-refractivity contribution is 6.17. The number of hydrogen-bond donors (Lipinski definition) is 1. The molecule has 1 rings (SSSR count). The van der Waals surface area contributed by atoms with Crippen LogP contribution in [0.15, 0.2) is 6.33 Å². The zero-order valence-corrected chi connectivity index (χ0v) is 12.7. The van der Waals surface area contributed by atoms with Crippen LogP contribution in [0.25, 0.3) is 0 Å². The number of halogens is 1. The van der Waals surface area contributed by atoms with Crippen LogP contribution < -0.4 is 5.32 Å². The first-order valence-electron chi connectivity index (χ1n) is 6.58. The van der Waals surface area contributed by atoms with Crippen LogP contribution in [0, 0.1) is 11.3 Å². The molecule has 1 aromatic heterocycles. The third-order valence-electron chi connectivity index (χ3n) is 2.89. The molecule has 0 atom stereocenters. The van der Waals surface area contributed by atoms with Gasteiger partial charge in [-0.3, -0.25) is 0 Å². The molecule has 18 heavy (non-hydrogen) atoms. The summed E-state index contributed by atoms with van der Waals surface area (Å²) in [5, 5.41) is 7.70. The average Bonchev–Trinajstić information content (AvgIpc) is 2.64. The lowest BCUT2D eigenvalue weighted by Crippen LogP contribution is -2.30. The highest BCUT2D eigenvalue weighted by atomic mass is 35.5. The van der Waals surface area contributed by atoms with Crippen molar-refractivity contribution in [1.82, 2.24) is 20.1 Å². The van der Waals surface area contributed by atoms with E-state index in [4.69, 9.17) is 11.6 Å². The topological polar surface area (TPSA) is 42.7 Å². The molecule has 0 aliphatic carbocycles. The van der Waals surface area contributed by atoms with Crippen LogP contribution in [0.1, 0.15) is 39.9 Å². The predicted molar refractivity (Wildman–Crippen MR) is 75.7 cm³/mol. The second-order valence-electron chi connectivity index (χ2n) is 5.96. The van der Waals surface area contributed by atoms with Gasteiger partial charge in [0.2, 0.25) is 0 Å². The van der Waals surface area contributed by atoms with Crippen molar-refractivity contribution >= 4 is 11.6 Å². The maximum Gasteiger partial charge on any atom is 0.140 e. The van der Waals surface area contributed by atoms with Crippen LogP contribution in [0.3, 0.4) is 0 Å². The van der Waals surface area contributed by atoms with Gasteiger partial charge in [-0.05, 0) is 17.8 Å². The van der Waals surface area contributed by atoms with Crippen molar-refractivity contribution in [2.75, 3.05) is 12.4 Å². The number of alkyl halides is 1. The summed E-state index contributed by atoms with van der Waals surface area (Å²) in [6.07, 6.45) is 2.64. The van der Waals surface area contributed by atoms with Gasteiger partial charge in [-0.15, -0.1) is 11.6 Å². The van der Waals surface area contributed by atoms with Gasteiger partial charge in [0.05, 0.1) is 6.54 Å².